The summed E-state index contributed by atoms with van der Waals surface area (Å²) in [7, 11) is 0. The van der Waals surface area contributed by atoms with Gasteiger partial charge in [-0.2, -0.15) is 0 Å². The van der Waals surface area contributed by atoms with Gasteiger partial charge in [0, 0.05) is 4.70 Å². The summed E-state index contributed by atoms with van der Waals surface area (Å²) in [5.74, 6) is 0. The Morgan fingerprint density at radius 2 is 2.07 bits per heavy atom. The normalized spacial score (nSPS) is 12.4. The predicted molar refractivity (Wildman–Crippen MR) is 62.0 cm³/mol. The van der Waals surface area contributed by atoms with Gasteiger partial charge in [-0.3, -0.25) is 0 Å². The zero-order chi connectivity index (χ0) is 9.26. The van der Waals surface area contributed by atoms with Crippen molar-refractivity contribution in [1.29, 1.82) is 0 Å². The molecule has 0 aliphatic carbocycles. The molecule has 0 bridgehead atoms. The van der Waals surface area contributed by atoms with Crippen LogP contribution < -0.4 is 5.73 Å². The van der Waals surface area contributed by atoms with E-state index in [9.17, 15) is 4.39 Å². The van der Waals surface area contributed by atoms with Crippen molar-refractivity contribution in [3.63, 3.8) is 0 Å². The van der Waals surface area contributed by atoms with Gasteiger partial charge >= 0.3 is 0 Å². The Bertz CT molecular complexity index is 415. The molecule has 76 valence electrons. The van der Waals surface area contributed by atoms with E-state index in [1.165, 1.54) is 4.70 Å². The lowest BCUT2D eigenvalue weighted by Crippen LogP contribution is -2.11. The zero-order valence-electron chi connectivity index (χ0n) is 7.44. The Morgan fingerprint density at radius 3 is 2.79 bits per heavy atom. The molecule has 1 aromatic heterocycles. The van der Waals surface area contributed by atoms with E-state index < -0.39 is 12.7 Å². The molecule has 1 nitrogen and oxygen atoms in total. The molecule has 14 heavy (non-hydrogen) atoms. The van der Waals surface area contributed by atoms with E-state index in [1.54, 1.807) is 11.3 Å². The van der Waals surface area contributed by atoms with Crippen molar-refractivity contribution in [2.75, 3.05) is 6.67 Å². The Hall–Kier alpha value is -0.640. The minimum atomic E-state index is -0.499. The number of hydrogen-bond donors (Lipinski definition) is 1. The van der Waals surface area contributed by atoms with Crippen molar-refractivity contribution in [3.8, 4) is 0 Å². The van der Waals surface area contributed by atoms with Gasteiger partial charge in [0.05, 0.1) is 6.04 Å². The first-order chi connectivity index (χ1) is 6.33. The SMILES string of the molecule is Cl.N[C@@H](CF)c1csc2ccccc12. The van der Waals surface area contributed by atoms with Crippen LogP contribution in [0.4, 0.5) is 4.39 Å². The van der Waals surface area contributed by atoms with Crippen molar-refractivity contribution in [1.82, 2.24) is 0 Å². The van der Waals surface area contributed by atoms with Crippen LogP contribution in [0, 0.1) is 0 Å². The highest BCUT2D eigenvalue weighted by atomic mass is 35.5. The highest BCUT2D eigenvalue weighted by Gasteiger charge is 2.10. The van der Waals surface area contributed by atoms with Crippen LogP contribution in [0.1, 0.15) is 11.6 Å². The number of hydrogen-bond acceptors (Lipinski definition) is 2. The second-order valence-corrected chi connectivity index (χ2v) is 3.86. The van der Waals surface area contributed by atoms with Crippen molar-refractivity contribution in [2.45, 2.75) is 6.04 Å². The van der Waals surface area contributed by atoms with Crippen molar-refractivity contribution in [2.24, 2.45) is 5.73 Å². The molecular weight excluding hydrogens is 221 g/mol. The molecule has 0 unspecified atom stereocenters. The van der Waals surface area contributed by atoms with Gasteiger partial charge in [-0.25, -0.2) is 4.39 Å². The summed E-state index contributed by atoms with van der Waals surface area (Å²) in [6, 6.07) is 7.45. The van der Waals surface area contributed by atoms with Gasteiger partial charge in [0.15, 0.2) is 0 Å². The van der Waals surface area contributed by atoms with Crippen LogP contribution >= 0.6 is 23.7 Å². The Labute approximate surface area is 92.1 Å². The number of thiophene rings is 1. The van der Waals surface area contributed by atoms with Crippen LogP contribution in [0.2, 0.25) is 0 Å². The Morgan fingerprint density at radius 1 is 1.36 bits per heavy atom. The maximum atomic E-state index is 12.4. The number of benzene rings is 1. The Balaban J connectivity index is 0.000000980. The van der Waals surface area contributed by atoms with E-state index in [-0.39, 0.29) is 12.4 Å². The average molecular weight is 232 g/mol. The molecule has 0 radical (unpaired) electrons. The largest absolute Gasteiger partial charge is 0.322 e. The molecule has 2 aromatic rings. The molecular formula is C10H11ClFNS. The minimum Gasteiger partial charge on any atom is -0.322 e. The van der Waals surface area contributed by atoms with Crippen LogP contribution in [0.25, 0.3) is 10.1 Å². The number of halogens is 2. The third-order valence-electron chi connectivity index (χ3n) is 2.08. The summed E-state index contributed by atoms with van der Waals surface area (Å²) in [6.07, 6.45) is 0. The predicted octanol–water partition coefficient (Wildman–Crippen LogP) is 3.29. The topological polar surface area (TPSA) is 26.0 Å². The minimum absolute atomic E-state index is 0. The summed E-state index contributed by atoms with van der Waals surface area (Å²) in [6.45, 7) is -0.499. The Kier molecular flexibility index (Phi) is 3.86. The van der Waals surface area contributed by atoms with E-state index in [1.807, 2.05) is 29.6 Å². The highest BCUT2D eigenvalue weighted by molar-refractivity contribution is 7.17. The molecule has 2 N–H and O–H groups in total. The van der Waals surface area contributed by atoms with Gasteiger partial charge in [-0.05, 0) is 22.4 Å². The van der Waals surface area contributed by atoms with Gasteiger partial charge in [0.25, 0.3) is 0 Å². The summed E-state index contributed by atoms with van der Waals surface area (Å²) in [5.41, 5.74) is 6.56. The molecule has 1 aromatic carbocycles. The average Bonchev–Trinajstić information content (AvgIpc) is 2.60. The fourth-order valence-electron chi connectivity index (χ4n) is 1.37. The van der Waals surface area contributed by atoms with Gasteiger partial charge in [-0.15, -0.1) is 23.7 Å². The first-order valence-electron chi connectivity index (χ1n) is 4.10. The number of nitrogens with two attached hydrogens (primary N) is 1. The van der Waals surface area contributed by atoms with Crippen LogP contribution in [-0.4, -0.2) is 6.67 Å². The highest BCUT2D eigenvalue weighted by Crippen LogP contribution is 2.29. The lowest BCUT2D eigenvalue weighted by Gasteiger charge is -2.04. The van der Waals surface area contributed by atoms with Crippen molar-refractivity contribution < 1.29 is 4.39 Å². The summed E-state index contributed by atoms with van der Waals surface area (Å²) < 4.78 is 13.5. The fraction of sp³-hybridized carbons (Fsp3) is 0.200. The second kappa shape index (κ2) is 4.73. The van der Waals surface area contributed by atoms with E-state index in [0.29, 0.717) is 0 Å². The number of fused-ring (bicyclic) bond motifs is 1. The summed E-state index contributed by atoms with van der Waals surface area (Å²) in [5, 5.41) is 3.02. The quantitative estimate of drug-likeness (QED) is 0.844. The number of alkyl halides is 1. The first kappa shape index (κ1) is 11.4. The molecule has 0 fully saturated rings. The lowest BCUT2D eigenvalue weighted by molar-refractivity contribution is 0.439. The molecule has 1 heterocycles. The second-order valence-electron chi connectivity index (χ2n) is 2.95. The monoisotopic (exact) mass is 231 g/mol. The van der Waals surface area contributed by atoms with E-state index in [0.717, 1.165) is 10.9 Å². The number of rotatable bonds is 2. The first-order valence-corrected chi connectivity index (χ1v) is 4.98. The molecule has 2 rings (SSSR count). The molecule has 1 atom stereocenters. The van der Waals surface area contributed by atoms with E-state index >= 15 is 0 Å². The van der Waals surface area contributed by atoms with Crippen LogP contribution in [0.15, 0.2) is 29.6 Å². The standard InChI is InChI=1S/C10H10FNS.ClH/c11-5-9(12)8-6-13-10-4-2-1-3-7(8)10;/h1-4,6,9H,5,12H2;1H/t9-;/m0./s1. The van der Waals surface area contributed by atoms with Crippen molar-refractivity contribution in [3.05, 3.63) is 35.2 Å². The molecule has 0 amide bonds. The lowest BCUT2D eigenvalue weighted by atomic mass is 10.1. The maximum Gasteiger partial charge on any atom is 0.109 e. The van der Waals surface area contributed by atoms with Crippen molar-refractivity contribution >= 4 is 33.8 Å². The van der Waals surface area contributed by atoms with Gasteiger partial charge < -0.3 is 5.73 Å². The molecule has 0 aliphatic rings. The molecule has 4 heteroatoms. The molecule has 0 spiro atoms. The van der Waals surface area contributed by atoms with Gasteiger partial charge in [-0.1, -0.05) is 18.2 Å². The van der Waals surface area contributed by atoms with Gasteiger partial charge in [0.1, 0.15) is 6.67 Å². The fourth-order valence-corrected chi connectivity index (χ4v) is 2.39. The summed E-state index contributed by atoms with van der Waals surface area (Å²) in [4.78, 5) is 0. The molecule has 0 saturated carbocycles. The van der Waals surface area contributed by atoms with Crippen LogP contribution in [0.3, 0.4) is 0 Å². The van der Waals surface area contributed by atoms with E-state index in [4.69, 9.17) is 5.73 Å². The van der Waals surface area contributed by atoms with Gasteiger partial charge in [0.2, 0.25) is 0 Å². The van der Waals surface area contributed by atoms with Crippen LogP contribution in [0.5, 0.6) is 0 Å². The maximum absolute atomic E-state index is 12.4. The third-order valence-corrected chi connectivity index (χ3v) is 3.06. The smallest absolute Gasteiger partial charge is 0.109 e. The van der Waals surface area contributed by atoms with E-state index in [2.05, 4.69) is 0 Å². The third kappa shape index (κ3) is 1.90. The molecule has 0 saturated heterocycles. The summed E-state index contributed by atoms with van der Waals surface area (Å²) >= 11 is 1.61. The van der Waals surface area contributed by atoms with Crippen LogP contribution in [-0.2, 0) is 0 Å². The zero-order valence-corrected chi connectivity index (χ0v) is 9.08. The molecule has 0 aliphatic heterocycles.